The van der Waals surface area contributed by atoms with E-state index in [0.29, 0.717) is 31.0 Å². The van der Waals surface area contributed by atoms with Gasteiger partial charge in [-0.1, -0.05) is 48.5 Å². The molecule has 0 atom stereocenters. The van der Waals surface area contributed by atoms with E-state index >= 15 is 0 Å². The molecule has 0 unspecified atom stereocenters. The molecule has 0 aliphatic carbocycles. The van der Waals surface area contributed by atoms with Gasteiger partial charge in [0.1, 0.15) is 11.6 Å². The lowest BCUT2D eigenvalue weighted by Gasteiger charge is -2.09. The zero-order valence-electron chi connectivity index (χ0n) is 13.2. The third kappa shape index (κ3) is 4.52. The van der Waals surface area contributed by atoms with Crippen LogP contribution in [0.2, 0.25) is 0 Å². The Morgan fingerprint density at radius 1 is 0.875 bits per heavy atom. The first-order valence-electron chi connectivity index (χ1n) is 7.89. The van der Waals surface area contributed by atoms with Gasteiger partial charge in [0.2, 0.25) is 5.95 Å². The van der Waals surface area contributed by atoms with Gasteiger partial charge in [-0.3, -0.25) is 0 Å². The fraction of sp³-hybridized carbons (Fsp3) is 0.158. The number of anilines is 2. The zero-order valence-corrected chi connectivity index (χ0v) is 13.2. The van der Waals surface area contributed by atoms with Gasteiger partial charge >= 0.3 is 0 Å². The Bertz CT molecular complexity index is 777. The smallest absolute Gasteiger partial charge is 0.224 e. The lowest BCUT2D eigenvalue weighted by molar-refractivity contribution is 0.610. The predicted octanol–water partition coefficient (Wildman–Crippen LogP) is 3.88. The second-order valence-electron chi connectivity index (χ2n) is 5.37. The largest absolute Gasteiger partial charge is 0.366 e. The molecule has 0 saturated heterocycles. The van der Waals surface area contributed by atoms with Crippen LogP contribution < -0.4 is 10.6 Å². The maximum absolute atomic E-state index is 13.6. The summed E-state index contributed by atoms with van der Waals surface area (Å²) in [5.41, 5.74) is 1.87. The first-order valence-corrected chi connectivity index (χ1v) is 7.89. The van der Waals surface area contributed by atoms with Gasteiger partial charge in [0, 0.05) is 19.3 Å². The van der Waals surface area contributed by atoms with Gasteiger partial charge in [0.25, 0.3) is 0 Å². The van der Waals surface area contributed by atoms with Gasteiger partial charge in [-0.15, -0.1) is 0 Å². The molecule has 24 heavy (non-hydrogen) atoms. The Hall–Kier alpha value is -2.95. The van der Waals surface area contributed by atoms with Gasteiger partial charge in [-0.25, -0.2) is 9.37 Å². The Labute approximate surface area is 140 Å². The summed E-state index contributed by atoms with van der Waals surface area (Å²) in [6.07, 6.45) is 2.28. The SMILES string of the molecule is Fc1ccccc1CCNc1nccc(NCc2ccccc2)n1. The summed E-state index contributed by atoms with van der Waals surface area (Å²) in [6.45, 7) is 1.27. The Kier molecular flexibility index (Phi) is 5.35. The molecule has 0 radical (unpaired) electrons. The van der Waals surface area contributed by atoms with Gasteiger partial charge in [-0.05, 0) is 29.7 Å². The summed E-state index contributed by atoms with van der Waals surface area (Å²) < 4.78 is 13.6. The fourth-order valence-electron chi connectivity index (χ4n) is 2.34. The highest BCUT2D eigenvalue weighted by molar-refractivity contribution is 5.40. The number of halogens is 1. The van der Waals surface area contributed by atoms with E-state index in [1.54, 1.807) is 18.3 Å². The van der Waals surface area contributed by atoms with Crippen LogP contribution in [0.5, 0.6) is 0 Å². The van der Waals surface area contributed by atoms with Crippen molar-refractivity contribution in [2.75, 3.05) is 17.2 Å². The Morgan fingerprint density at radius 3 is 2.50 bits per heavy atom. The third-order valence-corrected chi connectivity index (χ3v) is 3.61. The zero-order chi connectivity index (χ0) is 16.6. The maximum atomic E-state index is 13.6. The Balaban J connectivity index is 1.52. The van der Waals surface area contributed by atoms with E-state index in [0.717, 1.165) is 5.82 Å². The van der Waals surface area contributed by atoms with Gasteiger partial charge in [0.05, 0.1) is 0 Å². The number of aromatic nitrogens is 2. The molecule has 5 heteroatoms. The van der Waals surface area contributed by atoms with E-state index in [2.05, 4.69) is 32.7 Å². The molecule has 0 aliphatic rings. The monoisotopic (exact) mass is 322 g/mol. The molecule has 1 heterocycles. The second kappa shape index (κ2) is 8.06. The molecule has 0 amide bonds. The van der Waals surface area contributed by atoms with Crippen LogP contribution in [0.4, 0.5) is 16.2 Å². The van der Waals surface area contributed by atoms with Crippen LogP contribution in [0, 0.1) is 5.82 Å². The molecular formula is C19H19FN4. The predicted molar refractivity (Wildman–Crippen MR) is 94.4 cm³/mol. The molecular weight excluding hydrogens is 303 g/mol. The first kappa shape index (κ1) is 15.9. The number of nitrogens with one attached hydrogen (secondary N) is 2. The van der Waals surface area contributed by atoms with Crippen molar-refractivity contribution >= 4 is 11.8 Å². The number of hydrogen-bond donors (Lipinski definition) is 2. The molecule has 0 spiro atoms. The molecule has 3 rings (SSSR count). The quantitative estimate of drug-likeness (QED) is 0.693. The molecule has 2 N–H and O–H groups in total. The average Bonchev–Trinajstić information content (AvgIpc) is 2.63. The number of hydrogen-bond acceptors (Lipinski definition) is 4. The van der Waals surface area contributed by atoms with E-state index in [9.17, 15) is 4.39 Å². The number of rotatable bonds is 7. The van der Waals surface area contributed by atoms with Crippen LogP contribution in [-0.4, -0.2) is 16.5 Å². The summed E-state index contributed by atoms with van der Waals surface area (Å²) in [5.74, 6) is 1.10. The van der Waals surface area contributed by atoms with E-state index in [-0.39, 0.29) is 5.82 Å². The molecule has 0 fully saturated rings. The van der Waals surface area contributed by atoms with Crippen molar-refractivity contribution in [2.45, 2.75) is 13.0 Å². The molecule has 3 aromatic rings. The van der Waals surface area contributed by atoms with E-state index in [4.69, 9.17) is 0 Å². The van der Waals surface area contributed by atoms with Crippen molar-refractivity contribution in [1.82, 2.24) is 9.97 Å². The summed E-state index contributed by atoms with van der Waals surface area (Å²) >= 11 is 0. The minimum absolute atomic E-state index is 0.182. The Morgan fingerprint density at radius 2 is 1.67 bits per heavy atom. The molecule has 0 saturated carbocycles. The third-order valence-electron chi connectivity index (χ3n) is 3.61. The van der Waals surface area contributed by atoms with Crippen LogP contribution in [0.25, 0.3) is 0 Å². The van der Waals surface area contributed by atoms with E-state index < -0.39 is 0 Å². The summed E-state index contributed by atoms with van der Waals surface area (Å²) in [5, 5.41) is 6.40. The normalized spacial score (nSPS) is 10.4. The number of nitrogens with zero attached hydrogens (tertiary/aromatic N) is 2. The van der Waals surface area contributed by atoms with Crippen molar-refractivity contribution in [3.8, 4) is 0 Å². The van der Waals surface area contributed by atoms with Crippen molar-refractivity contribution in [3.05, 3.63) is 83.8 Å². The molecule has 1 aromatic heterocycles. The van der Waals surface area contributed by atoms with Crippen molar-refractivity contribution in [3.63, 3.8) is 0 Å². The van der Waals surface area contributed by atoms with Crippen LogP contribution in [-0.2, 0) is 13.0 Å². The molecule has 0 bridgehead atoms. The fourth-order valence-corrected chi connectivity index (χ4v) is 2.34. The maximum Gasteiger partial charge on any atom is 0.224 e. The summed E-state index contributed by atoms with van der Waals surface area (Å²) in [6, 6.07) is 18.7. The average molecular weight is 322 g/mol. The van der Waals surface area contributed by atoms with Crippen LogP contribution in [0.3, 0.4) is 0 Å². The van der Waals surface area contributed by atoms with Crippen LogP contribution >= 0.6 is 0 Å². The van der Waals surface area contributed by atoms with Crippen molar-refractivity contribution in [2.24, 2.45) is 0 Å². The van der Waals surface area contributed by atoms with Gasteiger partial charge < -0.3 is 10.6 Å². The minimum atomic E-state index is -0.182. The van der Waals surface area contributed by atoms with Crippen molar-refractivity contribution < 1.29 is 4.39 Å². The van der Waals surface area contributed by atoms with Gasteiger partial charge in [0.15, 0.2) is 0 Å². The molecule has 4 nitrogen and oxygen atoms in total. The molecule has 2 aromatic carbocycles. The standard InChI is InChI=1S/C19H19FN4/c20-17-9-5-4-8-16(17)10-12-21-19-22-13-11-18(24-19)23-14-15-6-2-1-3-7-15/h1-9,11,13H,10,12,14H2,(H2,21,22,23,24). The summed E-state index contributed by atoms with van der Waals surface area (Å²) in [7, 11) is 0. The first-order chi connectivity index (χ1) is 11.8. The topological polar surface area (TPSA) is 49.8 Å². The van der Waals surface area contributed by atoms with E-state index in [1.807, 2.05) is 30.3 Å². The molecule has 0 aliphatic heterocycles. The highest BCUT2D eigenvalue weighted by Crippen LogP contribution is 2.10. The van der Waals surface area contributed by atoms with Crippen LogP contribution in [0.15, 0.2) is 66.9 Å². The lowest BCUT2D eigenvalue weighted by atomic mass is 10.1. The van der Waals surface area contributed by atoms with Crippen LogP contribution in [0.1, 0.15) is 11.1 Å². The number of benzene rings is 2. The minimum Gasteiger partial charge on any atom is -0.366 e. The van der Waals surface area contributed by atoms with E-state index in [1.165, 1.54) is 11.6 Å². The van der Waals surface area contributed by atoms with Gasteiger partial charge in [-0.2, -0.15) is 4.98 Å². The summed E-state index contributed by atoms with van der Waals surface area (Å²) in [4.78, 5) is 8.61. The highest BCUT2D eigenvalue weighted by atomic mass is 19.1. The van der Waals surface area contributed by atoms with Crippen molar-refractivity contribution in [1.29, 1.82) is 0 Å². The molecule has 122 valence electrons. The highest BCUT2D eigenvalue weighted by Gasteiger charge is 2.02. The lowest BCUT2D eigenvalue weighted by Crippen LogP contribution is -2.10. The second-order valence-corrected chi connectivity index (χ2v) is 5.37.